The minimum Gasteiger partial charge on any atom is -0.307 e. The third kappa shape index (κ3) is 5.02. The number of carbonyl (C=O) groups excluding carboxylic acids is 1. The molecule has 0 aromatic carbocycles. The van der Waals surface area contributed by atoms with E-state index < -0.39 is 7.29 Å². The maximum atomic E-state index is 11.1. The molecule has 11 heavy (non-hydrogen) atoms. The van der Waals surface area contributed by atoms with Crippen LogP contribution >= 0.6 is 7.29 Å². The third-order valence-electron chi connectivity index (χ3n) is 1.44. The summed E-state index contributed by atoms with van der Waals surface area (Å²) in [5.74, 6) is -0.149. The summed E-state index contributed by atoms with van der Waals surface area (Å²) in [7, 11) is -2.39. The van der Waals surface area contributed by atoms with Crippen LogP contribution in [0.2, 0.25) is 0 Å². The van der Waals surface area contributed by atoms with Crippen molar-refractivity contribution in [1.29, 1.82) is 0 Å². The molecule has 0 aliphatic carbocycles. The fourth-order valence-corrected chi connectivity index (χ4v) is 1.31. The van der Waals surface area contributed by atoms with Gasteiger partial charge in [0, 0.05) is 19.2 Å². The van der Waals surface area contributed by atoms with Crippen molar-refractivity contribution in [3.8, 4) is 0 Å². The Labute approximate surface area is 68.0 Å². The lowest BCUT2D eigenvalue weighted by Crippen LogP contribution is -2.25. The molecule has 0 spiro atoms. The molecule has 0 heterocycles. The van der Waals surface area contributed by atoms with E-state index in [4.69, 9.17) is 0 Å². The van der Waals surface area contributed by atoms with Gasteiger partial charge in [0.15, 0.2) is 7.29 Å². The van der Waals surface area contributed by atoms with Crippen molar-refractivity contribution in [3.05, 3.63) is 0 Å². The maximum absolute atomic E-state index is 11.1. The topological polar surface area (TPSA) is 46.2 Å². The predicted molar refractivity (Wildman–Crippen MR) is 47.1 cm³/mol. The van der Waals surface area contributed by atoms with E-state index in [1.807, 2.05) is 13.8 Å². The Hall–Kier alpha value is -0.300. The van der Waals surface area contributed by atoms with Gasteiger partial charge in [0.25, 0.3) is 0 Å². The molecule has 4 heteroatoms. The summed E-state index contributed by atoms with van der Waals surface area (Å²) in [5.41, 5.74) is 0. The van der Waals surface area contributed by atoms with Gasteiger partial charge >= 0.3 is 0 Å². The van der Waals surface area contributed by atoms with Crippen LogP contribution in [0.15, 0.2) is 0 Å². The Balaban J connectivity index is 3.99. The Bertz CT molecular complexity index is 185. The molecular formula is C7H16NO2P. The summed E-state index contributed by atoms with van der Waals surface area (Å²) >= 11 is 0. The number of carbonyl (C=O) groups is 1. The highest BCUT2D eigenvalue weighted by molar-refractivity contribution is 7.61. The molecule has 0 aliphatic heterocycles. The van der Waals surface area contributed by atoms with E-state index in [-0.39, 0.29) is 11.8 Å². The second-order valence-electron chi connectivity index (χ2n) is 3.14. The summed E-state index contributed by atoms with van der Waals surface area (Å²) in [6.45, 7) is 6.85. The number of amides is 1. The minimum atomic E-state index is -2.39. The molecule has 0 rings (SSSR count). The van der Waals surface area contributed by atoms with Gasteiger partial charge in [-0.05, 0) is 6.42 Å². The summed E-state index contributed by atoms with van der Waals surface area (Å²) < 4.78 is 11.1. The monoisotopic (exact) mass is 177 g/mol. The van der Waals surface area contributed by atoms with Crippen LogP contribution in [0.4, 0.5) is 0 Å². The molecule has 66 valence electrons. The Morgan fingerprint density at radius 1 is 1.55 bits per heavy atom. The highest BCUT2D eigenvalue weighted by Crippen LogP contribution is 2.30. The fourth-order valence-electron chi connectivity index (χ4n) is 0.561. The summed E-state index contributed by atoms with van der Waals surface area (Å²) in [4.78, 5) is 11.1. The van der Waals surface area contributed by atoms with Gasteiger partial charge < -0.3 is 9.65 Å². The molecule has 1 unspecified atom stereocenters. The molecule has 0 radical (unpaired) electrons. The Morgan fingerprint density at radius 3 is 2.27 bits per heavy atom. The van der Waals surface area contributed by atoms with Crippen molar-refractivity contribution in [3.63, 3.8) is 0 Å². The highest BCUT2D eigenvalue weighted by Gasteiger charge is 2.15. The molecule has 0 fully saturated rings. The van der Waals surface area contributed by atoms with Crippen LogP contribution in [0.3, 0.4) is 0 Å². The lowest BCUT2D eigenvalue weighted by Gasteiger charge is -2.12. The van der Waals surface area contributed by atoms with Crippen molar-refractivity contribution >= 4 is 13.2 Å². The van der Waals surface area contributed by atoms with Gasteiger partial charge in [-0.15, -0.1) is 0 Å². The molecule has 0 aromatic heterocycles. The highest BCUT2D eigenvalue weighted by atomic mass is 31.2. The van der Waals surface area contributed by atoms with Crippen LogP contribution in [0, 0.1) is 5.92 Å². The molecular weight excluding hydrogens is 161 g/mol. The van der Waals surface area contributed by atoms with E-state index in [1.165, 1.54) is 0 Å². The standard InChI is InChI=1S/C7H16NO2P/c1-5-6(2)7(9)8-11(3,4)10/h6H,5H2,1-4H3,(H,8,9,10). The van der Waals surface area contributed by atoms with E-state index in [0.717, 1.165) is 6.42 Å². The lowest BCUT2D eigenvalue weighted by atomic mass is 10.1. The van der Waals surface area contributed by atoms with Gasteiger partial charge in [-0.25, -0.2) is 0 Å². The van der Waals surface area contributed by atoms with Crippen LogP contribution in [-0.2, 0) is 9.36 Å². The second kappa shape index (κ2) is 3.91. The fraction of sp³-hybridized carbons (Fsp3) is 0.857. The van der Waals surface area contributed by atoms with Crippen LogP contribution < -0.4 is 5.09 Å². The number of hydrogen-bond acceptors (Lipinski definition) is 2. The zero-order valence-electron chi connectivity index (χ0n) is 7.55. The van der Waals surface area contributed by atoms with Crippen molar-refractivity contribution < 1.29 is 9.36 Å². The molecule has 0 aromatic rings. The minimum absolute atomic E-state index is 0.0387. The first-order chi connectivity index (χ1) is 4.87. The first-order valence-corrected chi connectivity index (χ1v) is 6.34. The zero-order chi connectivity index (χ0) is 9.07. The smallest absolute Gasteiger partial charge is 0.228 e. The number of nitrogens with one attached hydrogen (secondary N) is 1. The number of rotatable bonds is 3. The van der Waals surface area contributed by atoms with Gasteiger partial charge in [0.05, 0.1) is 0 Å². The molecule has 1 amide bonds. The maximum Gasteiger partial charge on any atom is 0.228 e. The van der Waals surface area contributed by atoms with E-state index in [1.54, 1.807) is 13.3 Å². The molecule has 0 bridgehead atoms. The van der Waals surface area contributed by atoms with Crippen molar-refractivity contribution in [1.82, 2.24) is 5.09 Å². The molecule has 1 N–H and O–H groups in total. The Morgan fingerprint density at radius 2 is 2.00 bits per heavy atom. The SMILES string of the molecule is CCC(C)C(=O)NP(C)(C)=O. The summed E-state index contributed by atoms with van der Waals surface area (Å²) in [6.07, 6.45) is 0.784. The van der Waals surface area contributed by atoms with E-state index in [0.29, 0.717) is 0 Å². The van der Waals surface area contributed by atoms with E-state index in [2.05, 4.69) is 5.09 Å². The number of hydrogen-bond donors (Lipinski definition) is 1. The third-order valence-corrected chi connectivity index (χ3v) is 2.20. The average Bonchev–Trinajstić information content (AvgIpc) is 1.82. The van der Waals surface area contributed by atoms with Crippen LogP contribution in [-0.4, -0.2) is 19.2 Å². The Kier molecular flexibility index (Phi) is 3.81. The van der Waals surface area contributed by atoms with Gasteiger partial charge in [-0.1, -0.05) is 13.8 Å². The van der Waals surface area contributed by atoms with Crippen molar-refractivity contribution in [2.45, 2.75) is 20.3 Å². The first kappa shape index (κ1) is 10.7. The average molecular weight is 177 g/mol. The van der Waals surface area contributed by atoms with Crippen molar-refractivity contribution in [2.24, 2.45) is 5.92 Å². The molecule has 3 nitrogen and oxygen atoms in total. The quantitative estimate of drug-likeness (QED) is 0.667. The van der Waals surface area contributed by atoms with Gasteiger partial charge in [0.1, 0.15) is 0 Å². The van der Waals surface area contributed by atoms with E-state index >= 15 is 0 Å². The largest absolute Gasteiger partial charge is 0.307 e. The summed E-state index contributed by atoms with van der Waals surface area (Å²) in [5, 5.41) is 2.49. The lowest BCUT2D eigenvalue weighted by molar-refractivity contribution is -0.122. The van der Waals surface area contributed by atoms with Crippen LogP contribution in [0.5, 0.6) is 0 Å². The van der Waals surface area contributed by atoms with Gasteiger partial charge in [0.2, 0.25) is 5.91 Å². The zero-order valence-corrected chi connectivity index (χ0v) is 8.44. The van der Waals surface area contributed by atoms with Gasteiger partial charge in [-0.3, -0.25) is 4.79 Å². The summed E-state index contributed by atoms with van der Waals surface area (Å²) in [6, 6.07) is 0. The van der Waals surface area contributed by atoms with Crippen LogP contribution in [0.1, 0.15) is 20.3 Å². The molecule has 0 saturated carbocycles. The molecule has 0 aliphatic rings. The second-order valence-corrected chi connectivity index (χ2v) is 6.06. The van der Waals surface area contributed by atoms with Gasteiger partial charge in [-0.2, -0.15) is 0 Å². The first-order valence-electron chi connectivity index (χ1n) is 3.74. The normalized spacial score (nSPS) is 14.2. The predicted octanol–water partition coefficient (Wildman–Crippen LogP) is 1.69. The molecule has 0 saturated heterocycles. The van der Waals surface area contributed by atoms with Crippen LogP contribution in [0.25, 0.3) is 0 Å². The van der Waals surface area contributed by atoms with E-state index in [9.17, 15) is 9.36 Å². The van der Waals surface area contributed by atoms with Crippen molar-refractivity contribution in [2.75, 3.05) is 13.3 Å². The molecule has 1 atom stereocenters.